The first-order valence-corrected chi connectivity index (χ1v) is 7.23. The highest BCUT2D eigenvalue weighted by Gasteiger charge is 2.55. The number of hydrogen-bond donors (Lipinski definition) is 0. The summed E-state index contributed by atoms with van der Waals surface area (Å²) in [7, 11) is 1.74. The molecule has 0 radical (unpaired) electrons. The van der Waals surface area contributed by atoms with Gasteiger partial charge in [-0.2, -0.15) is 5.06 Å². The molecule has 3 rings (SSSR count). The number of rotatable bonds is 1. The molecule has 0 aromatic carbocycles. The Morgan fingerprint density at radius 3 is 1.74 bits per heavy atom. The topological polar surface area (TPSA) is 48.0 Å². The number of ether oxygens (including phenoxy) is 2. The van der Waals surface area contributed by atoms with Gasteiger partial charge in [-0.1, -0.05) is 0 Å². The first kappa shape index (κ1) is 13.5. The van der Waals surface area contributed by atoms with Gasteiger partial charge in [0.2, 0.25) is 0 Å². The Hall–Kier alpha value is -0.490. The summed E-state index contributed by atoms with van der Waals surface area (Å²) in [6.45, 7) is 2.89. The van der Waals surface area contributed by atoms with Crippen LogP contribution in [0.5, 0.6) is 0 Å². The maximum atomic E-state index is 12.3. The molecule has 19 heavy (non-hydrogen) atoms. The fraction of sp³-hybridized carbons (Fsp3) is 0.929. The monoisotopic (exact) mass is 269 g/mol. The van der Waals surface area contributed by atoms with Crippen LogP contribution in [-0.2, 0) is 19.1 Å². The average Bonchev–Trinajstić information content (AvgIpc) is 2.40. The Bertz CT molecular complexity index is 315. The normalized spacial score (nSPS) is 30.9. The maximum Gasteiger partial charge on any atom is 0.136 e. The fourth-order valence-corrected chi connectivity index (χ4v) is 4.09. The highest BCUT2D eigenvalue weighted by atomic mass is 16.7. The van der Waals surface area contributed by atoms with Crippen LogP contribution in [0.1, 0.15) is 38.5 Å². The maximum absolute atomic E-state index is 12.3. The largest absolute Gasteiger partial charge is 0.381 e. The Morgan fingerprint density at radius 2 is 1.37 bits per heavy atom. The molecule has 0 bridgehead atoms. The highest BCUT2D eigenvalue weighted by molar-refractivity contribution is 5.82. The van der Waals surface area contributed by atoms with E-state index in [2.05, 4.69) is 5.06 Å². The lowest BCUT2D eigenvalue weighted by Crippen LogP contribution is -2.67. The second-order valence-corrected chi connectivity index (χ2v) is 6.04. The lowest BCUT2D eigenvalue weighted by atomic mass is 9.71. The Labute approximate surface area is 114 Å². The molecule has 5 nitrogen and oxygen atoms in total. The molecular weight excluding hydrogens is 246 g/mol. The van der Waals surface area contributed by atoms with Gasteiger partial charge in [0.1, 0.15) is 5.78 Å². The molecule has 3 aliphatic heterocycles. The first-order valence-electron chi connectivity index (χ1n) is 7.23. The fourth-order valence-electron chi connectivity index (χ4n) is 4.09. The predicted molar refractivity (Wildman–Crippen MR) is 68.7 cm³/mol. The van der Waals surface area contributed by atoms with Gasteiger partial charge in [0.25, 0.3) is 0 Å². The Morgan fingerprint density at radius 1 is 0.947 bits per heavy atom. The molecule has 5 heteroatoms. The van der Waals surface area contributed by atoms with Crippen LogP contribution in [-0.4, -0.2) is 55.5 Å². The molecule has 0 amide bonds. The molecular formula is C14H23NO4. The van der Waals surface area contributed by atoms with Crippen molar-refractivity contribution in [2.75, 3.05) is 33.5 Å². The van der Waals surface area contributed by atoms with Crippen LogP contribution in [0.2, 0.25) is 0 Å². The van der Waals surface area contributed by atoms with E-state index in [0.29, 0.717) is 18.6 Å². The van der Waals surface area contributed by atoms with Gasteiger partial charge >= 0.3 is 0 Å². The van der Waals surface area contributed by atoms with E-state index in [-0.39, 0.29) is 11.1 Å². The molecule has 0 unspecified atom stereocenters. The zero-order valence-electron chi connectivity index (χ0n) is 11.7. The average molecular weight is 269 g/mol. The van der Waals surface area contributed by atoms with Gasteiger partial charge in [-0.3, -0.25) is 4.79 Å². The number of Topliss-reactive ketones (excluding diaryl/α,β-unsaturated/α-hetero) is 1. The molecule has 3 fully saturated rings. The Balaban J connectivity index is 1.93. The molecule has 0 aromatic heterocycles. The van der Waals surface area contributed by atoms with E-state index in [9.17, 15) is 4.79 Å². The van der Waals surface area contributed by atoms with Gasteiger partial charge in [-0.25, -0.2) is 0 Å². The number of hydroxylamine groups is 2. The van der Waals surface area contributed by atoms with E-state index in [4.69, 9.17) is 14.3 Å². The molecule has 3 heterocycles. The third-order valence-corrected chi connectivity index (χ3v) is 4.94. The Kier molecular flexibility index (Phi) is 3.64. The minimum atomic E-state index is -0.153. The molecule has 0 N–H and O–H groups in total. The molecule has 0 saturated carbocycles. The van der Waals surface area contributed by atoms with Crippen LogP contribution in [0.4, 0.5) is 0 Å². The van der Waals surface area contributed by atoms with Crippen molar-refractivity contribution >= 4 is 5.78 Å². The summed E-state index contributed by atoms with van der Waals surface area (Å²) in [5, 5.41) is 2.16. The summed E-state index contributed by atoms with van der Waals surface area (Å²) in [5.74, 6) is 0.372. The van der Waals surface area contributed by atoms with Crippen LogP contribution >= 0.6 is 0 Å². The minimum absolute atomic E-state index is 0.153. The summed E-state index contributed by atoms with van der Waals surface area (Å²) in [6, 6.07) is 0. The van der Waals surface area contributed by atoms with Crippen LogP contribution < -0.4 is 0 Å². The minimum Gasteiger partial charge on any atom is -0.381 e. The lowest BCUT2D eigenvalue weighted by molar-refractivity contribution is -0.300. The number of hydrogen-bond acceptors (Lipinski definition) is 5. The van der Waals surface area contributed by atoms with Crippen molar-refractivity contribution in [1.29, 1.82) is 0 Å². The summed E-state index contributed by atoms with van der Waals surface area (Å²) in [6.07, 6.45) is 4.74. The van der Waals surface area contributed by atoms with E-state index in [1.807, 2.05) is 0 Å². The molecule has 0 aliphatic carbocycles. The zero-order valence-corrected chi connectivity index (χ0v) is 11.7. The summed E-state index contributed by atoms with van der Waals surface area (Å²) < 4.78 is 11.0. The molecule has 3 aliphatic rings. The summed E-state index contributed by atoms with van der Waals surface area (Å²) >= 11 is 0. The smallest absolute Gasteiger partial charge is 0.136 e. The number of carbonyl (C=O) groups is 1. The lowest BCUT2D eigenvalue weighted by Gasteiger charge is -2.57. The van der Waals surface area contributed by atoms with Gasteiger partial charge in [-0.05, 0) is 25.7 Å². The van der Waals surface area contributed by atoms with Gasteiger partial charge in [0, 0.05) is 39.3 Å². The van der Waals surface area contributed by atoms with E-state index < -0.39 is 0 Å². The van der Waals surface area contributed by atoms with Crippen LogP contribution in [0.25, 0.3) is 0 Å². The van der Waals surface area contributed by atoms with Crippen molar-refractivity contribution in [3.8, 4) is 0 Å². The number of carbonyl (C=O) groups excluding carboxylic acids is 1. The standard InChI is InChI=1S/C14H23NO4/c1-17-15-13(2-6-18-7-3-13)10-12(16)11-14(15)4-8-19-9-5-14/h2-11H2,1H3. The second-order valence-electron chi connectivity index (χ2n) is 6.04. The van der Waals surface area contributed by atoms with Crippen molar-refractivity contribution in [2.24, 2.45) is 0 Å². The second kappa shape index (κ2) is 5.13. The van der Waals surface area contributed by atoms with Crippen LogP contribution in [0.3, 0.4) is 0 Å². The van der Waals surface area contributed by atoms with E-state index in [1.54, 1.807) is 7.11 Å². The van der Waals surface area contributed by atoms with Crippen LogP contribution in [0, 0.1) is 0 Å². The molecule has 0 atom stereocenters. The van der Waals surface area contributed by atoms with Gasteiger partial charge in [-0.15, -0.1) is 0 Å². The molecule has 3 saturated heterocycles. The van der Waals surface area contributed by atoms with Gasteiger partial charge in [0.05, 0.1) is 18.2 Å². The first-order chi connectivity index (χ1) is 9.21. The molecule has 2 spiro atoms. The van der Waals surface area contributed by atoms with E-state index >= 15 is 0 Å². The van der Waals surface area contributed by atoms with Crippen molar-refractivity contribution in [2.45, 2.75) is 49.6 Å². The van der Waals surface area contributed by atoms with Gasteiger partial charge < -0.3 is 14.3 Å². The predicted octanol–water partition coefficient (Wildman–Crippen LogP) is 1.31. The third kappa shape index (κ3) is 2.23. The van der Waals surface area contributed by atoms with Crippen molar-refractivity contribution in [1.82, 2.24) is 5.06 Å². The van der Waals surface area contributed by atoms with Gasteiger partial charge in [0.15, 0.2) is 0 Å². The molecule has 0 aromatic rings. The van der Waals surface area contributed by atoms with Crippen LogP contribution in [0.15, 0.2) is 0 Å². The number of nitrogens with zero attached hydrogens (tertiary/aromatic N) is 1. The molecule has 108 valence electrons. The third-order valence-electron chi connectivity index (χ3n) is 4.94. The SMILES string of the molecule is CON1C2(CCOCC2)CC(=O)CC12CCOCC2. The highest BCUT2D eigenvalue weighted by Crippen LogP contribution is 2.46. The summed E-state index contributed by atoms with van der Waals surface area (Å²) in [5.41, 5.74) is -0.306. The van der Waals surface area contributed by atoms with E-state index in [0.717, 1.165) is 52.1 Å². The van der Waals surface area contributed by atoms with Crippen molar-refractivity contribution < 1.29 is 19.1 Å². The summed E-state index contributed by atoms with van der Waals surface area (Å²) in [4.78, 5) is 18.1. The number of piperidine rings is 1. The zero-order chi connectivity index (χ0) is 13.3. The van der Waals surface area contributed by atoms with Crippen molar-refractivity contribution in [3.05, 3.63) is 0 Å². The number of ketones is 1. The quantitative estimate of drug-likeness (QED) is 0.718. The van der Waals surface area contributed by atoms with E-state index in [1.165, 1.54) is 0 Å². The van der Waals surface area contributed by atoms with Crippen molar-refractivity contribution in [3.63, 3.8) is 0 Å².